The Morgan fingerprint density at radius 2 is 1.88 bits per heavy atom. The molecule has 1 aromatic heterocycles. The first kappa shape index (κ1) is 15.8. The minimum Gasteiger partial charge on any atom is -0.497 e. The van der Waals surface area contributed by atoms with Gasteiger partial charge in [0.2, 0.25) is 0 Å². The van der Waals surface area contributed by atoms with Crippen molar-refractivity contribution in [1.29, 1.82) is 0 Å². The molecular weight excluding hydrogens is 308 g/mol. The van der Waals surface area contributed by atoms with E-state index in [1.165, 1.54) is 27.7 Å². The van der Waals surface area contributed by atoms with Gasteiger partial charge in [-0.2, -0.15) is 0 Å². The predicted molar refractivity (Wildman–Crippen MR) is 102 cm³/mol. The average Bonchev–Trinajstić information content (AvgIpc) is 2.92. The third-order valence-electron chi connectivity index (χ3n) is 4.90. The van der Waals surface area contributed by atoms with Crippen molar-refractivity contribution in [3.05, 3.63) is 64.8 Å². The van der Waals surface area contributed by atoms with Gasteiger partial charge in [-0.05, 0) is 61.9 Å². The van der Waals surface area contributed by atoms with Crippen molar-refractivity contribution >= 4 is 10.9 Å². The standard InChI is InChI=1S/C22H22N2O/c1-16-4-9-21-19(14-16)20-15-23(2)12-11-22(20)24(21)13-10-17-5-7-18(25-3)8-6-17/h4-9,14H,11-12,15H2,1-3H3. The van der Waals surface area contributed by atoms with E-state index < -0.39 is 0 Å². The molecule has 1 aliphatic rings. The summed E-state index contributed by atoms with van der Waals surface area (Å²) in [5.41, 5.74) is 6.29. The van der Waals surface area contributed by atoms with Gasteiger partial charge in [-0.15, -0.1) is 0 Å². The second-order valence-electron chi connectivity index (χ2n) is 6.73. The van der Waals surface area contributed by atoms with Gasteiger partial charge in [-0.25, -0.2) is 0 Å². The predicted octanol–water partition coefficient (Wildman–Crippen LogP) is 3.80. The van der Waals surface area contributed by atoms with Crippen LogP contribution < -0.4 is 4.74 Å². The fourth-order valence-electron chi connectivity index (χ4n) is 3.53. The summed E-state index contributed by atoms with van der Waals surface area (Å²) in [7, 11) is 3.86. The lowest BCUT2D eigenvalue weighted by Gasteiger charge is -2.23. The van der Waals surface area contributed by atoms with Crippen molar-refractivity contribution in [2.75, 3.05) is 20.7 Å². The van der Waals surface area contributed by atoms with Crippen LogP contribution in [0.2, 0.25) is 0 Å². The summed E-state index contributed by atoms with van der Waals surface area (Å²) in [6.07, 6.45) is 1.04. The van der Waals surface area contributed by atoms with E-state index in [2.05, 4.69) is 53.6 Å². The van der Waals surface area contributed by atoms with E-state index >= 15 is 0 Å². The molecule has 25 heavy (non-hydrogen) atoms. The molecule has 2 aromatic carbocycles. The van der Waals surface area contributed by atoms with Gasteiger partial charge in [0.1, 0.15) is 5.75 Å². The number of aromatic nitrogens is 1. The van der Waals surface area contributed by atoms with Gasteiger partial charge in [-0.1, -0.05) is 11.6 Å². The van der Waals surface area contributed by atoms with Crippen molar-refractivity contribution in [1.82, 2.24) is 9.47 Å². The van der Waals surface area contributed by atoms with Gasteiger partial charge in [0, 0.05) is 42.2 Å². The molecule has 0 atom stereocenters. The van der Waals surface area contributed by atoms with Crippen molar-refractivity contribution in [2.24, 2.45) is 0 Å². The molecule has 0 radical (unpaired) electrons. The monoisotopic (exact) mass is 330 g/mol. The SMILES string of the molecule is COc1ccc(C#Cn2c3c(c4cc(C)ccc42)CN(C)CC3)cc1. The fraction of sp³-hybridized carbons (Fsp3) is 0.273. The van der Waals surface area contributed by atoms with Gasteiger partial charge in [0.05, 0.1) is 12.6 Å². The van der Waals surface area contributed by atoms with E-state index in [-0.39, 0.29) is 0 Å². The number of fused-ring (bicyclic) bond motifs is 3. The van der Waals surface area contributed by atoms with E-state index in [4.69, 9.17) is 4.74 Å². The molecule has 0 bridgehead atoms. The van der Waals surface area contributed by atoms with E-state index in [9.17, 15) is 0 Å². The third-order valence-corrected chi connectivity index (χ3v) is 4.90. The van der Waals surface area contributed by atoms with Gasteiger partial charge in [0.15, 0.2) is 0 Å². The number of rotatable bonds is 1. The maximum atomic E-state index is 5.21. The van der Waals surface area contributed by atoms with Crippen LogP contribution in [0.3, 0.4) is 0 Å². The third kappa shape index (κ3) is 2.90. The van der Waals surface area contributed by atoms with Crippen LogP contribution in [0, 0.1) is 18.9 Å². The van der Waals surface area contributed by atoms with Gasteiger partial charge >= 0.3 is 0 Å². The summed E-state index contributed by atoms with van der Waals surface area (Å²) in [4.78, 5) is 2.38. The number of methoxy groups -OCH3 is 1. The Balaban J connectivity index is 1.83. The molecule has 3 aromatic rings. The Morgan fingerprint density at radius 3 is 2.64 bits per heavy atom. The maximum absolute atomic E-state index is 5.21. The van der Waals surface area contributed by atoms with E-state index in [1.54, 1.807) is 7.11 Å². The molecule has 0 saturated heterocycles. The van der Waals surface area contributed by atoms with Crippen LogP contribution >= 0.6 is 0 Å². The van der Waals surface area contributed by atoms with Crippen LogP contribution in [-0.2, 0) is 13.0 Å². The highest BCUT2D eigenvalue weighted by molar-refractivity contribution is 5.87. The molecule has 0 unspecified atom stereocenters. The molecule has 0 spiro atoms. The zero-order chi connectivity index (χ0) is 17.4. The normalized spacial score (nSPS) is 14.0. The van der Waals surface area contributed by atoms with Gasteiger partial charge in [-0.3, -0.25) is 4.57 Å². The first-order valence-corrected chi connectivity index (χ1v) is 8.63. The Labute approximate surface area is 148 Å². The summed E-state index contributed by atoms with van der Waals surface area (Å²) in [6.45, 7) is 4.22. The van der Waals surface area contributed by atoms with Gasteiger partial charge < -0.3 is 9.64 Å². The van der Waals surface area contributed by atoms with Crippen molar-refractivity contribution in [2.45, 2.75) is 19.9 Å². The number of benzene rings is 2. The zero-order valence-electron chi connectivity index (χ0n) is 15.0. The smallest absolute Gasteiger partial charge is 0.118 e. The second kappa shape index (κ2) is 6.31. The summed E-state index contributed by atoms with van der Waals surface area (Å²) in [6, 6.07) is 18.0. The first-order valence-electron chi connectivity index (χ1n) is 8.63. The quantitative estimate of drug-likeness (QED) is 0.632. The number of ether oxygens (including phenoxy) is 1. The van der Waals surface area contributed by atoms with E-state index in [1.807, 2.05) is 24.3 Å². The zero-order valence-corrected chi connectivity index (χ0v) is 15.0. The number of likely N-dealkylation sites (N-methyl/N-ethyl adjacent to an activating group) is 1. The summed E-state index contributed by atoms with van der Waals surface area (Å²) < 4.78 is 7.41. The van der Waals surface area contributed by atoms with Crippen LogP contribution in [0.1, 0.15) is 22.4 Å². The van der Waals surface area contributed by atoms with Crippen LogP contribution in [0.25, 0.3) is 10.9 Å². The molecule has 3 nitrogen and oxygen atoms in total. The maximum Gasteiger partial charge on any atom is 0.118 e. The van der Waals surface area contributed by atoms with Gasteiger partial charge in [0.25, 0.3) is 0 Å². The minimum atomic E-state index is 0.854. The summed E-state index contributed by atoms with van der Waals surface area (Å²) in [5.74, 6) is 4.16. The molecule has 126 valence electrons. The van der Waals surface area contributed by atoms with Crippen LogP contribution in [0.15, 0.2) is 42.5 Å². The molecule has 0 fully saturated rings. The molecule has 0 saturated carbocycles. The van der Waals surface area contributed by atoms with Crippen LogP contribution in [0.5, 0.6) is 5.75 Å². The molecule has 3 heteroatoms. The molecule has 0 N–H and O–H groups in total. The lowest BCUT2D eigenvalue weighted by molar-refractivity contribution is 0.311. The highest BCUT2D eigenvalue weighted by Gasteiger charge is 2.21. The molecule has 1 aliphatic heterocycles. The molecule has 4 rings (SSSR count). The van der Waals surface area contributed by atoms with Crippen molar-refractivity contribution in [3.8, 4) is 17.7 Å². The van der Waals surface area contributed by atoms with Crippen LogP contribution in [-0.4, -0.2) is 30.2 Å². The lowest BCUT2D eigenvalue weighted by atomic mass is 10.0. The number of nitrogens with zero attached hydrogens (tertiary/aromatic N) is 2. The van der Waals surface area contributed by atoms with E-state index in [0.29, 0.717) is 0 Å². The van der Waals surface area contributed by atoms with E-state index in [0.717, 1.165) is 30.8 Å². The second-order valence-corrected chi connectivity index (χ2v) is 6.73. The minimum absolute atomic E-state index is 0.854. The number of hydrogen-bond donors (Lipinski definition) is 0. The Kier molecular flexibility index (Phi) is 3.99. The Bertz CT molecular complexity index is 987. The Hall–Kier alpha value is -2.70. The first-order chi connectivity index (χ1) is 12.2. The fourth-order valence-corrected chi connectivity index (χ4v) is 3.53. The van der Waals surface area contributed by atoms with Crippen molar-refractivity contribution in [3.63, 3.8) is 0 Å². The highest BCUT2D eigenvalue weighted by Crippen LogP contribution is 2.30. The highest BCUT2D eigenvalue weighted by atomic mass is 16.5. The molecule has 0 aliphatic carbocycles. The van der Waals surface area contributed by atoms with Crippen molar-refractivity contribution < 1.29 is 4.74 Å². The molecular formula is C22H22N2O. The average molecular weight is 330 g/mol. The summed E-state index contributed by atoms with van der Waals surface area (Å²) in [5, 5.41) is 1.34. The lowest BCUT2D eigenvalue weighted by Crippen LogP contribution is -2.27. The summed E-state index contributed by atoms with van der Waals surface area (Å²) >= 11 is 0. The van der Waals surface area contributed by atoms with Crippen LogP contribution in [0.4, 0.5) is 0 Å². The topological polar surface area (TPSA) is 17.4 Å². The molecule has 2 heterocycles. The largest absolute Gasteiger partial charge is 0.497 e. The molecule has 0 amide bonds. The number of aryl methyl sites for hydroxylation is 1. The Morgan fingerprint density at radius 1 is 1.08 bits per heavy atom. The number of hydrogen-bond acceptors (Lipinski definition) is 2.